The topological polar surface area (TPSA) is 129 Å². The van der Waals surface area contributed by atoms with Crippen molar-refractivity contribution in [2.24, 2.45) is 5.10 Å². The van der Waals surface area contributed by atoms with Gasteiger partial charge in [-0.2, -0.15) is 5.10 Å². The molecule has 0 bridgehead atoms. The lowest BCUT2D eigenvalue weighted by atomic mass is 10.2. The molecule has 9 nitrogen and oxygen atoms in total. The van der Waals surface area contributed by atoms with Crippen molar-refractivity contribution >= 4 is 49.9 Å². The fourth-order valence-corrected chi connectivity index (χ4v) is 3.32. The van der Waals surface area contributed by atoms with Crippen molar-refractivity contribution in [3.05, 3.63) is 44.3 Å². The number of nitrogens with one attached hydrogen (secondary N) is 2. The van der Waals surface area contributed by atoms with Gasteiger partial charge in [-0.05, 0) is 56.1 Å². The van der Waals surface area contributed by atoms with Crippen LogP contribution in [0.15, 0.2) is 38.3 Å². The lowest BCUT2D eigenvalue weighted by Gasteiger charge is -2.09. The largest absolute Gasteiger partial charge is 0.506 e. The molecule has 0 aliphatic heterocycles. The number of rotatable bonds is 7. The van der Waals surface area contributed by atoms with Crippen molar-refractivity contribution < 1.29 is 29.3 Å². The molecule has 0 atom stereocenters. The number of carbonyl (C=O) groups is 2. The molecule has 0 spiro atoms. The number of halogens is 2. The third-order valence-corrected chi connectivity index (χ3v) is 5.00. The number of ether oxygens (including phenoxy) is 2. The molecule has 2 aromatic rings. The Bertz CT molecular complexity index is 965. The first-order valence-corrected chi connectivity index (χ1v) is 9.59. The molecule has 0 saturated carbocycles. The summed E-state index contributed by atoms with van der Waals surface area (Å²) in [4.78, 5) is 24.0. The number of methoxy groups -OCH3 is 2. The summed E-state index contributed by atoms with van der Waals surface area (Å²) in [5, 5.41) is 25.8. The van der Waals surface area contributed by atoms with Crippen molar-refractivity contribution in [1.29, 1.82) is 0 Å². The fourth-order valence-electron chi connectivity index (χ4n) is 2.17. The average Bonchev–Trinajstić information content (AvgIpc) is 2.73. The summed E-state index contributed by atoms with van der Waals surface area (Å²) in [6.07, 6.45) is 1.19. The van der Waals surface area contributed by atoms with E-state index in [1.807, 2.05) is 0 Å². The number of phenols is 2. The highest BCUT2D eigenvalue weighted by molar-refractivity contribution is 9.11. The first-order valence-electron chi connectivity index (χ1n) is 8.00. The second-order valence-electron chi connectivity index (χ2n) is 5.50. The molecule has 2 amide bonds. The van der Waals surface area contributed by atoms with Crippen LogP contribution in [0.1, 0.15) is 15.9 Å². The van der Waals surface area contributed by atoms with Crippen LogP contribution in [0.25, 0.3) is 0 Å². The molecule has 29 heavy (non-hydrogen) atoms. The van der Waals surface area contributed by atoms with Gasteiger partial charge < -0.3 is 25.0 Å². The molecule has 0 unspecified atom stereocenters. The Morgan fingerprint density at radius 1 is 1.10 bits per heavy atom. The maximum Gasteiger partial charge on any atom is 0.259 e. The number of aromatic hydroxyl groups is 2. The van der Waals surface area contributed by atoms with E-state index in [0.29, 0.717) is 21.5 Å². The number of benzene rings is 2. The van der Waals surface area contributed by atoms with E-state index in [0.717, 1.165) is 0 Å². The summed E-state index contributed by atoms with van der Waals surface area (Å²) < 4.78 is 10.7. The summed E-state index contributed by atoms with van der Waals surface area (Å²) in [5.41, 5.74) is 2.77. The molecule has 0 fully saturated rings. The van der Waals surface area contributed by atoms with Gasteiger partial charge in [0.2, 0.25) is 0 Å². The number of amides is 2. The maximum absolute atomic E-state index is 12.2. The Morgan fingerprint density at radius 3 is 2.45 bits per heavy atom. The summed E-state index contributed by atoms with van der Waals surface area (Å²) in [6.45, 7) is -0.320. The normalized spacial score (nSPS) is 10.6. The molecule has 0 heterocycles. The van der Waals surface area contributed by atoms with Gasteiger partial charge in [-0.3, -0.25) is 9.59 Å². The fraction of sp³-hybridized carbons (Fsp3) is 0.167. The van der Waals surface area contributed by atoms with Gasteiger partial charge in [-0.1, -0.05) is 0 Å². The highest BCUT2D eigenvalue weighted by Gasteiger charge is 2.14. The van der Waals surface area contributed by atoms with E-state index in [-0.39, 0.29) is 28.1 Å². The third kappa shape index (κ3) is 5.61. The minimum Gasteiger partial charge on any atom is -0.506 e. The lowest BCUT2D eigenvalue weighted by molar-refractivity contribution is -0.120. The molecule has 2 aromatic carbocycles. The van der Waals surface area contributed by atoms with Gasteiger partial charge in [-0.15, -0.1) is 0 Å². The molecule has 154 valence electrons. The van der Waals surface area contributed by atoms with Gasteiger partial charge >= 0.3 is 0 Å². The van der Waals surface area contributed by atoms with Crippen LogP contribution < -0.4 is 20.2 Å². The Morgan fingerprint density at radius 2 is 1.79 bits per heavy atom. The minimum absolute atomic E-state index is 0.0850. The zero-order valence-corrected chi connectivity index (χ0v) is 18.5. The van der Waals surface area contributed by atoms with Gasteiger partial charge in [0.05, 0.1) is 31.5 Å². The number of hydrazone groups is 1. The van der Waals surface area contributed by atoms with E-state index in [1.54, 1.807) is 6.07 Å². The molecule has 11 heteroatoms. The quantitative estimate of drug-likeness (QED) is 0.321. The van der Waals surface area contributed by atoms with E-state index in [9.17, 15) is 19.8 Å². The van der Waals surface area contributed by atoms with Crippen molar-refractivity contribution in [2.45, 2.75) is 0 Å². The molecule has 0 saturated heterocycles. The standard InChI is InChI=1S/C18H17Br2N3O6/c1-28-12-4-3-9(6-13(12)29-2)18(27)21-8-14(24)23-22-7-10-5-11(19)17(26)15(20)16(10)25/h3-7,25-26H,8H2,1-2H3,(H,21,27)(H,23,24). The predicted octanol–water partition coefficient (Wildman–Crippen LogP) is 2.52. The van der Waals surface area contributed by atoms with Crippen molar-refractivity contribution in [1.82, 2.24) is 10.7 Å². The Hall–Kier alpha value is -2.79. The Labute approximate surface area is 183 Å². The molecular formula is C18H17Br2N3O6. The van der Waals surface area contributed by atoms with Crippen molar-refractivity contribution in [2.75, 3.05) is 20.8 Å². The Kier molecular flexibility index (Phi) is 7.85. The first-order chi connectivity index (χ1) is 13.8. The number of carbonyl (C=O) groups excluding carboxylic acids is 2. The van der Waals surface area contributed by atoms with Crippen LogP contribution in [0, 0.1) is 0 Å². The van der Waals surface area contributed by atoms with Crippen LogP contribution in [0.2, 0.25) is 0 Å². The zero-order chi connectivity index (χ0) is 21.6. The Balaban J connectivity index is 1.94. The molecule has 0 aliphatic carbocycles. The maximum atomic E-state index is 12.2. The number of hydrogen-bond acceptors (Lipinski definition) is 7. The molecule has 0 aliphatic rings. The smallest absolute Gasteiger partial charge is 0.259 e. The third-order valence-electron chi connectivity index (χ3n) is 3.65. The van der Waals surface area contributed by atoms with Crippen molar-refractivity contribution in [3.8, 4) is 23.0 Å². The van der Waals surface area contributed by atoms with Crippen LogP contribution in [-0.4, -0.2) is 49.0 Å². The summed E-state index contributed by atoms with van der Waals surface area (Å²) >= 11 is 6.17. The van der Waals surface area contributed by atoms with Gasteiger partial charge in [0.1, 0.15) is 16.0 Å². The van der Waals surface area contributed by atoms with Crippen LogP contribution >= 0.6 is 31.9 Å². The van der Waals surface area contributed by atoms with Gasteiger partial charge in [-0.25, -0.2) is 5.43 Å². The van der Waals surface area contributed by atoms with Crippen LogP contribution in [0.5, 0.6) is 23.0 Å². The van der Waals surface area contributed by atoms with E-state index >= 15 is 0 Å². The first kappa shape index (κ1) is 22.5. The van der Waals surface area contributed by atoms with E-state index in [1.165, 1.54) is 38.6 Å². The number of phenolic OH excluding ortho intramolecular Hbond substituents is 2. The second-order valence-corrected chi connectivity index (χ2v) is 7.15. The summed E-state index contributed by atoms with van der Waals surface area (Å²) in [6, 6.07) is 6.03. The number of nitrogens with zero attached hydrogens (tertiary/aromatic N) is 1. The zero-order valence-electron chi connectivity index (χ0n) is 15.3. The van der Waals surface area contributed by atoms with E-state index in [2.05, 4.69) is 47.7 Å². The van der Waals surface area contributed by atoms with Crippen LogP contribution in [-0.2, 0) is 4.79 Å². The van der Waals surface area contributed by atoms with E-state index in [4.69, 9.17) is 9.47 Å². The lowest BCUT2D eigenvalue weighted by Crippen LogP contribution is -2.34. The molecule has 4 N–H and O–H groups in total. The summed E-state index contributed by atoms with van der Waals surface area (Å²) in [7, 11) is 2.94. The molecule has 2 rings (SSSR count). The predicted molar refractivity (Wildman–Crippen MR) is 113 cm³/mol. The summed E-state index contributed by atoms with van der Waals surface area (Å²) in [5.74, 6) is -0.597. The number of hydrogen-bond donors (Lipinski definition) is 4. The monoisotopic (exact) mass is 529 g/mol. The van der Waals surface area contributed by atoms with E-state index < -0.39 is 11.8 Å². The van der Waals surface area contributed by atoms with Gasteiger partial charge in [0.15, 0.2) is 11.5 Å². The van der Waals surface area contributed by atoms with Crippen LogP contribution in [0.3, 0.4) is 0 Å². The molecular weight excluding hydrogens is 514 g/mol. The SMILES string of the molecule is COc1ccc(C(=O)NCC(=O)NN=Cc2cc(Br)c(O)c(Br)c2O)cc1OC. The minimum atomic E-state index is -0.577. The average molecular weight is 531 g/mol. The van der Waals surface area contributed by atoms with Crippen molar-refractivity contribution in [3.63, 3.8) is 0 Å². The second kappa shape index (κ2) is 10.1. The van der Waals surface area contributed by atoms with Crippen LogP contribution in [0.4, 0.5) is 0 Å². The molecule has 0 radical (unpaired) electrons. The van der Waals surface area contributed by atoms with Gasteiger partial charge in [0, 0.05) is 11.1 Å². The van der Waals surface area contributed by atoms with Gasteiger partial charge in [0.25, 0.3) is 11.8 Å². The highest BCUT2D eigenvalue weighted by atomic mass is 79.9. The molecule has 0 aromatic heterocycles. The highest BCUT2D eigenvalue weighted by Crippen LogP contribution is 2.40.